The van der Waals surface area contributed by atoms with Crippen LogP contribution in [0.3, 0.4) is 0 Å². The van der Waals surface area contributed by atoms with Crippen LogP contribution in [0.25, 0.3) is 5.69 Å². The maximum Gasteiger partial charge on any atom is 0.586 e. The van der Waals surface area contributed by atoms with E-state index in [-0.39, 0.29) is 79.4 Å². The van der Waals surface area contributed by atoms with Gasteiger partial charge in [0.05, 0.1) is 17.3 Å². The molecule has 0 spiro atoms. The first-order valence-electron chi connectivity index (χ1n) is 14.2. The van der Waals surface area contributed by atoms with Crippen LogP contribution in [0.5, 0.6) is 17.2 Å². The van der Waals surface area contributed by atoms with Crippen molar-refractivity contribution >= 4 is 16.0 Å². The number of nitrogens with zero attached hydrogens (tertiary/aromatic N) is 3. The molecule has 0 radical (unpaired) electrons. The third-order valence-electron chi connectivity index (χ3n) is 8.28. The normalized spacial score (nSPS) is 20.9. The van der Waals surface area contributed by atoms with Gasteiger partial charge in [-0.05, 0) is 68.9 Å². The summed E-state index contributed by atoms with van der Waals surface area (Å²) < 4.78 is 114. The lowest BCUT2D eigenvalue weighted by Gasteiger charge is -2.34. The quantitative estimate of drug-likeness (QED) is 0.314. The number of carboxylic acid groups (broad SMARTS) is 1. The summed E-state index contributed by atoms with van der Waals surface area (Å²) in [6.45, 7) is 1.53. The Morgan fingerprint density at radius 2 is 1.80 bits per heavy atom. The molecular weight excluding hydrogens is 629 g/mol. The second-order valence-electron chi connectivity index (χ2n) is 11.2. The first-order chi connectivity index (χ1) is 21.1. The van der Waals surface area contributed by atoms with E-state index in [1.165, 1.54) is 40.7 Å². The van der Waals surface area contributed by atoms with E-state index in [1.807, 2.05) is 0 Å². The minimum absolute atomic E-state index is 0.0202. The number of alkyl halides is 5. The highest BCUT2D eigenvalue weighted by molar-refractivity contribution is 7.89. The van der Waals surface area contributed by atoms with Crippen molar-refractivity contribution in [2.24, 2.45) is 5.92 Å². The maximum absolute atomic E-state index is 14.2. The lowest BCUT2D eigenvalue weighted by atomic mass is 9.95. The molecule has 1 saturated heterocycles. The van der Waals surface area contributed by atoms with E-state index < -0.39 is 51.4 Å². The van der Waals surface area contributed by atoms with Crippen LogP contribution in [0.4, 0.5) is 22.0 Å². The molecule has 1 fully saturated rings. The number of hydrogen-bond acceptors (Lipinski definition) is 7. The van der Waals surface area contributed by atoms with Gasteiger partial charge in [0, 0.05) is 24.7 Å². The third kappa shape index (κ3) is 5.92. The van der Waals surface area contributed by atoms with Gasteiger partial charge in [-0.15, -0.1) is 8.78 Å². The molecule has 3 aliphatic rings. The van der Waals surface area contributed by atoms with E-state index in [1.54, 1.807) is 13.0 Å². The molecule has 3 aromatic rings. The summed E-state index contributed by atoms with van der Waals surface area (Å²) in [5, 5.41) is 11.9. The highest BCUT2D eigenvalue weighted by Gasteiger charge is 2.47. The molecule has 2 atom stereocenters. The number of sulfonamides is 1. The average Bonchev–Trinajstić information content (AvgIpc) is 3.53. The molecular formula is C29H28F5N3O7S. The van der Waals surface area contributed by atoms with Crippen molar-refractivity contribution < 1.29 is 54.5 Å². The van der Waals surface area contributed by atoms with Gasteiger partial charge in [-0.2, -0.15) is 18.3 Å². The monoisotopic (exact) mass is 657 g/mol. The van der Waals surface area contributed by atoms with Gasteiger partial charge < -0.3 is 19.3 Å². The number of aromatic nitrogens is 2. The summed E-state index contributed by atoms with van der Waals surface area (Å²) in [6, 6.07) is 10.1. The van der Waals surface area contributed by atoms with Crippen LogP contribution in [0.2, 0.25) is 0 Å². The van der Waals surface area contributed by atoms with Gasteiger partial charge >= 0.3 is 18.4 Å². The van der Waals surface area contributed by atoms with E-state index >= 15 is 0 Å². The van der Waals surface area contributed by atoms with Crippen LogP contribution >= 0.6 is 0 Å². The number of carbonyl (C=O) groups is 1. The van der Waals surface area contributed by atoms with Gasteiger partial charge in [-0.25, -0.2) is 17.4 Å². The van der Waals surface area contributed by atoms with Crippen molar-refractivity contribution in [3.63, 3.8) is 0 Å². The molecule has 2 aromatic carbocycles. The molecule has 0 bridgehead atoms. The van der Waals surface area contributed by atoms with Gasteiger partial charge in [0.1, 0.15) is 17.1 Å². The van der Waals surface area contributed by atoms with Crippen LogP contribution in [-0.2, 0) is 27.4 Å². The first kappa shape index (κ1) is 31.1. The number of benzene rings is 2. The van der Waals surface area contributed by atoms with Crippen molar-refractivity contribution in [1.82, 2.24) is 14.1 Å². The Bertz CT molecular complexity index is 1740. The summed E-state index contributed by atoms with van der Waals surface area (Å²) in [5.74, 6) is -1.82. The molecule has 10 nitrogen and oxygen atoms in total. The molecule has 45 heavy (non-hydrogen) atoms. The maximum atomic E-state index is 14.2. The smallest absolute Gasteiger partial charge is 0.486 e. The number of rotatable bonds is 7. The van der Waals surface area contributed by atoms with E-state index in [2.05, 4.69) is 14.6 Å². The fourth-order valence-electron chi connectivity index (χ4n) is 6.07. The van der Waals surface area contributed by atoms with Gasteiger partial charge in [0.2, 0.25) is 10.0 Å². The molecule has 1 aliphatic carbocycles. The lowest BCUT2D eigenvalue weighted by molar-refractivity contribution is -0.286. The molecule has 3 heterocycles. The number of piperidine rings is 1. The Balaban J connectivity index is 1.33. The van der Waals surface area contributed by atoms with E-state index in [4.69, 9.17) is 4.74 Å². The summed E-state index contributed by atoms with van der Waals surface area (Å²) in [7, 11) is -4.18. The van der Waals surface area contributed by atoms with Crippen molar-refractivity contribution in [3.8, 4) is 22.9 Å². The molecule has 1 N–H and O–H groups in total. The molecule has 1 unspecified atom stereocenters. The molecule has 0 amide bonds. The van der Waals surface area contributed by atoms with E-state index in [0.29, 0.717) is 5.56 Å². The van der Waals surface area contributed by atoms with E-state index in [0.717, 1.165) is 4.68 Å². The predicted molar refractivity (Wildman–Crippen MR) is 147 cm³/mol. The summed E-state index contributed by atoms with van der Waals surface area (Å²) in [6.07, 6.45) is -8.92. The average molecular weight is 658 g/mol. The summed E-state index contributed by atoms with van der Waals surface area (Å²) in [5.41, 5.74) is -0.869. The van der Waals surface area contributed by atoms with Crippen molar-refractivity contribution in [2.45, 2.75) is 62.9 Å². The van der Waals surface area contributed by atoms with Gasteiger partial charge in [0.15, 0.2) is 17.2 Å². The summed E-state index contributed by atoms with van der Waals surface area (Å²) >= 11 is 0. The van der Waals surface area contributed by atoms with Gasteiger partial charge in [0.25, 0.3) is 0 Å². The predicted octanol–water partition coefficient (Wildman–Crippen LogP) is 5.86. The fourth-order valence-corrected chi connectivity index (χ4v) is 8.14. The number of hydrogen-bond donors (Lipinski definition) is 1. The first-order valence-corrected chi connectivity index (χ1v) is 15.7. The van der Waals surface area contributed by atoms with Crippen molar-refractivity contribution in [2.75, 3.05) is 13.1 Å². The number of carboxylic acids is 1. The van der Waals surface area contributed by atoms with Crippen LogP contribution in [0.15, 0.2) is 42.5 Å². The fraction of sp³-hybridized carbons (Fsp3) is 0.448. The molecule has 6 rings (SSSR count). The topological polar surface area (TPSA) is 120 Å². The minimum atomic E-state index is -4.85. The van der Waals surface area contributed by atoms with Crippen molar-refractivity contribution in [1.29, 1.82) is 0 Å². The largest absolute Gasteiger partial charge is 0.586 e. The number of fused-ring (bicyclic) bond motifs is 2. The van der Waals surface area contributed by atoms with Crippen molar-refractivity contribution in [3.05, 3.63) is 65.0 Å². The zero-order valence-corrected chi connectivity index (χ0v) is 24.6. The second-order valence-corrected chi connectivity index (χ2v) is 13.3. The SMILES string of the molecule is C[C@H](Oc1cccc(-n2nc(C(F)(F)F)c3c2C(S(=O)(=O)N2CCC(C(=O)O)CC2)CCC3)c1)c1ccc2c(c1)OC(F)(F)O2. The summed E-state index contributed by atoms with van der Waals surface area (Å²) in [4.78, 5) is 11.4. The Kier molecular flexibility index (Phi) is 7.70. The van der Waals surface area contributed by atoms with Crippen LogP contribution in [0.1, 0.15) is 66.5 Å². The van der Waals surface area contributed by atoms with Crippen LogP contribution in [-0.4, -0.2) is 53.0 Å². The minimum Gasteiger partial charge on any atom is -0.486 e. The number of halogens is 5. The Hall–Kier alpha value is -3.92. The zero-order chi connectivity index (χ0) is 32.3. The highest BCUT2D eigenvalue weighted by atomic mass is 32.2. The van der Waals surface area contributed by atoms with Gasteiger partial charge in [-0.1, -0.05) is 12.1 Å². The van der Waals surface area contributed by atoms with E-state index in [9.17, 15) is 40.3 Å². The number of ether oxygens (including phenoxy) is 3. The molecule has 0 saturated carbocycles. The van der Waals surface area contributed by atoms with Gasteiger partial charge in [-0.3, -0.25) is 4.79 Å². The molecule has 2 aliphatic heterocycles. The Morgan fingerprint density at radius 3 is 2.49 bits per heavy atom. The molecule has 242 valence electrons. The Morgan fingerprint density at radius 1 is 1.09 bits per heavy atom. The van der Waals surface area contributed by atoms with Crippen LogP contribution < -0.4 is 14.2 Å². The lowest BCUT2D eigenvalue weighted by Crippen LogP contribution is -2.43. The highest BCUT2D eigenvalue weighted by Crippen LogP contribution is 2.45. The molecule has 16 heteroatoms. The molecule has 1 aromatic heterocycles. The second kappa shape index (κ2) is 11.2. The zero-order valence-electron chi connectivity index (χ0n) is 23.8. The Labute approximate surface area is 254 Å². The van der Waals surface area contributed by atoms with Crippen LogP contribution in [0, 0.1) is 5.92 Å². The standard InChI is InChI=1S/C29H28F5N3O7S/c1-16(18-8-9-22-23(14-18)44-29(33,34)43-22)42-20-5-2-4-19(15-20)37-25-21(26(35-37)28(30,31)32)6-3-7-24(25)45(40,41)36-12-10-17(11-13-36)27(38)39/h2,4-5,8-9,14-17,24H,3,6-7,10-13H2,1H3,(H,38,39)/t16-,24?/m0/s1. The third-order valence-corrected chi connectivity index (χ3v) is 10.5. The number of aliphatic carboxylic acids is 1.